The summed E-state index contributed by atoms with van der Waals surface area (Å²) in [6.07, 6.45) is 0. The van der Waals surface area contributed by atoms with Crippen LogP contribution in [0.1, 0.15) is 11.1 Å². The molecule has 0 amide bonds. The third-order valence-corrected chi connectivity index (χ3v) is 4.36. The molecule has 0 fully saturated rings. The summed E-state index contributed by atoms with van der Waals surface area (Å²) in [5.41, 5.74) is 0.846. The second-order valence-electron chi connectivity index (χ2n) is 3.71. The average Bonchev–Trinajstić information content (AvgIpc) is 2.47. The zero-order valence-electron chi connectivity index (χ0n) is 9.70. The van der Waals surface area contributed by atoms with Crippen molar-refractivity contribution >= 4 is 54.0 Å². The minimum Gasteiger partial charge on any atom is -0.237 e. The fourth-order valence-electron chi connectivity index (χ4n) is 1.82. The van der Waals surface area contributed by atoms with E-state index in [1.54, 1.807) is 12.1 Å². The Labute approximate surface area is 131 Å². The van der Waals surface area contributed by atoms with Crippen molar-refractivity contribution in [1.82, 2.24) is 0 Å². The summed E-state index contributed by atoms with van der Waals surface area (Å²) in [6, 6.07) is 7.03. The van der Waals surface area contributed by atoms with Gasteiger partial charge in [-0.1, -0.05) is 31.9 Å². The lowest BCUT2D eigenvalue weighted by Crippen LogP contribution is -1.87. The second kappa shape index (κ2) is 5.32. The number of hydrogen-bond donors (Lipinski definition) is 0. The maximum absolute atomic E-state index is 9.14. The summed E-state index contributed by atoms with van der Waals surface area (Å²) in [5, 5.41) is 19.5. The fourth-order valence-corrected chi connectivity index (χ4v) is 3.07. The van der Waals surface area contributed by atoms with Gasteiger partial charge >= 0.3 is 0 Å². The molecule has 0 heterocycles. The lowest BCUT2D eigenvalue weighted by molar-refractivity contribution is 1.48. The van der Waals surface area contributed by atoms with Crippen molar-refractivity contribution in [3.05, 3.63) is 55.0 Å². The molecule has 0 spiro atoms. The van der Waals surface area contributed by atoms with E-state index in [0.29, 0.717) is 19.7 Å². The minimum absolute atomic E-state index is 0.201. The molecule has 0 aliphatic rings. The SMILES string of the molecule is [C-]#[N+]c1cc2c(Br)c([N+]#[C-])c(C#N)cc2c(Br)c1C#N. The molecule has 2 rings (SSSR count). The van der Waals surface area contributed by atoms with Crippen LogP contribution in [-0.4, -0.2) is 0 Å². The number of fused-ring (bicyclic) bond motifs is 1. The Bertz CT molecular complexity index is 841. The summed E-state index contributed by atoms with van der Waals surface area (Å²) in [5.74, 6) is 0. The van der Waals surface area contributed by atoms with Crippen LogP contribution in [0.2, 0.25) is 0 Å². The Morgan fingerprint density at radius 1 is 0.950 bits per heavy atom. The van der Waals surface area contributed by atoms with Gasteiger partial charge in [-0.05, 0) is 22.9 Å². The summed E-state index contributed by atoms with van der Waals surface area (Å²) in [7, 11) is 0. The lowest BCUT2D eigenvalue weighted by Gasteiger charge is -2.09. The molecule has 0 atom stereocenters. The first-order valence-corrected chi connectivity index (χ1v) is 6.71. The van der Waals surface area contributed by atoms with Crippen molar-refractivity contribution in [1.29, 1.82) is 10.5 Å². The topological polar surface area (TPSA) is 56.3 Å². The van der Waals surface area contributed by atoms with Crippen molar-refractivity contribution in [3.8, 4) is 12.1 Å². The van der Waals surface area contributed by atoms with E-state index in [0.717, 1.165) is 0 Å². The molecular weight excluding hydrogens is 384 g/mol. The van der Waals surface area contributed by atoms with Crippen molar-refractivity contribution in [2.24, 2.45) is 0 Å². The molecule has 0 unspecified atom stereocenters. The van der Waals surface area contributed by atoms with E-state index < -0.39 is 0 Å². The van der Waals surface area contributed by atoms with Crippen LogP contribution >= 0.6 is 31.9 Å². The van der Waals surface area contributed by atoms with E-state index in [1.165, 1.54) is 0 Å². The molecule has 0 saturated carbocycles. The van der Waals surface area contributed by atoms with Crippen molar-refractivity contribution in [2.45, 2.75) is 0 Å². The first kappa shape index (κ1) is 14.0. The van der Waals surface area contributed by atoms with Gasteiger partial charge in [0.1, 0.15) is 0 Å². The Morgan fingerprint density at radius 3 is 2.10 bits per heavy atom. The van der Waals surface area contributed by atoms with Gasteiger partial charge in [-0.15, -0.1) is 0 Å². The first-order valence-electron chi connectivity index (χ1n) is 5.12. The van der Waals surface area contributed by atoms with E-state index in [1.807, 2.05) is 12.1 Å². The monoisotopic (exact) mass is 384 g/mol. The largest absolute Gasteiger partial charge is 0.237 e. The minimum atomic E-state index is 0.201. The van der Waals surface area contributed by atoms with E-state index in [2.05, 4.69) is 41.5 Å². The summed E-state index contributed by atoms with van der Waals surface area (Å²) in [6.45, 7) is 14.3. The molecule has 92 valence electrons. The number of benzene rings is 2. The molecule has 0 saturated heterocycles. The maximum Gasteiger partial charge on any atom is 0.219 e. The highest BCUT2D eigenvalue weighted by Gasteiger charge is 2.17. The molecule has 0 aromatic heterocycles. The predicted molar refractivity (Wildman–Crippen MR) is 81.3 cm³/mol. The zero-order chi connectivity index (χ0) is 14.9. The number of halogens is 2. The quantitative estimate of drug-likeness (QED) is 0.584. The van der Waals surface area contributed by atoms with Gasteiger partial charge in [-0.25, -0.2) is 9.69 Å². The van der Waals surface area contributed by atoms with Gasteiger partial charge in [0.25, 0.3) is 0 Å². The van der Waals surface area contributed by atoms with Gasteiger partial charge in [0.2, 0.25) is 11.4 Å². The van der Waals surface area contributed by atoms with E-state index in [-0.39, 0.29) is 22.5 Å². The van der Waals surface area contributed by atoms with Gasteiger partial charge < -0.3 is 0 Å². The number of rotatable bonds is 0. The molecule has 2 aromatic rings. The normalized spacial score (nSPS) is 9.30. The van der Waals surface area contributed by atoms with Crippen molar-refractivity contribution in [2.75, 3.05) is 0 Å². The van der Waals surface area contributed by atoms with Crippen LogP contribution in [-0.2, 0) is 0 Å². The molecule has 0 aliphatic heterocycles. The Hall–Kier alpha value is -2.38. The lowest BCUT2D eigenvalue weighted by atomic mass is 10.0. The smallest absolute Gasteiger partial charge is 0.219 e. The highest BCUT2D eigenvalue weighted by Crippen LogP contribution is 2.43. The molecule has 6 heteroatoms. The van der Waals surface area contributed by atoms with Gasteiger partial charge in [0, 0.05) is 8.95 Å². The molecule has 0 N–H and O–H groups in total. The van der Waals surface area contributed by atoms with Crippen LogP contribution in [0.15, 0.2) is 21.1 Å². The van der Waals surface area contributed by atoms with E-state index >= 15 is 0 Å². The molecule has 0 bridgehead atoms. The van der Waals surface area contributed by atoms with Gasteiger partial charge in [-0.3, -0.25) is 0 Å². The first-order chi connectivity index (χ1) is 9.58. The Kier molecular flexibility index (Phi) is 3.73. The average molecular weight is 386 g/mol. The zero-order valence-corrected chi connectivity index (χ0v) is 12.9. The van der Waals surface area contributed by atoms with Crippen LogP contribution in [0.5, 0.6) is 0 Å². The predicted octanol–water partition coefficient (Wildman–Crippen LogP) is 5.21. The number of hydrogen-bond acceptors (Lipinski definition) is 2. The van der Waals surface area contributed by atoms with Crippen LogP contribution in [0, 0.1) is 35.8 Å². The van der Waals surface area contributed by atoms with Crippen molar-refractivity contribution in [3.63, 3.8) is 0 Å². The van der Waals surface area contributed by atoms with E-state index in [9.17, 15) is 0 Å². The summed E-state index contributed by atoms with van der Waals surface area (Å²) < 4.78 is 0.911. The Morgan fingerprint density at radius 2 is 1.60 bits per heavy atom. The highest BCUT2D eigenvalue weighted by molar-refractivity contribution is 9.11. The van der Waals surface area contributed by atoms with Crippen LogP contribution in [0.4, 0.5) is 11.4 Å². The second-order valence-corrected chi connectivity index (χ2v) is 5.30. The summed E-state index contributed by atoms with van der Waals surface area (Å²) >= 11 is 6.61. The molecule has 0 radical (unpaired) electrons. The third-order valence-electron chi connectivity index (χ3n) is 2.74. The van der Waals surface area contributed by atoms with Gasteiger partial charge in [0.15, 0.2) is 0 Å². The number of nitriles is 2. The molecule has 2 aromatic carbocycles. The summed E-state index contributed by atoms with van der Waals surface area (Å²) in [4.78, 5) is 6.67. The third kappa shape index (κ3) is 1.93. The molecule has 4 nitrogen and oxygen atoms in total. The van der Waals surface area contributed by atoms with Crippen molar-refractivity contribution < 1.29 is 0 Å². The van der Waals surface area contributed by atoms with Crippen LogP contribution < -0.4 is 0 Å². The molecular formula is C14H2Br2N4. The maximum atomic E-state index is 9.14. The Balaban J connectivity index is 3.12. The van der Waals surface area contributed by atoms with E-state index in [4.69, 9.17) is 23.7 Å². The highest BCUT2D eigenvalue weighted by atomic mass is 79.9. The standard InChI is InChI=1S/C14H2Br2N4/c1-19-11-4-9-8(12(15)10(11)6-18)3-7(5-17)14(20-2)13(9)16/h3-4H. The molecule has 20 heavy (non-hydrogen) atoms. The number of nitrogens with zero attached hydrogens (tertiary/aromatic N) is 4. The van der Waals surface area contributed by atoms with Crippen LogP contribution in [0.25, 0.3) is 20.5 Å². The van der Waals surface area contributed by atoms with Crippen LogP contribution in [0.3, 0.4) is 0 Å². The molecule has 0 aliphatic carbocycles. The van der Waals surface area contributed by atoms with Gasteiger partial charge in [0.05, 0.1) is 36.4 Å². The van der Waals surface area contributed by atoms with Gasteiger partial charge in [-0.2, -0.15) is 10.5 Å². The fraction of sp³-hybridized carbons (Fsp3) is 0.